The van der Waals surface area contributed by atoms with E-state index in [9.17, 15) is 9.18 Å². The molecule has 0 saturated carbocycles. The normalized spacial score (nSPS) is 32.2. The van der Waals surface area contributed by atoms with E-state index >= 15 is 0 Å². The second-order valence-electron chi connectivity index (χ2n) is 3.71. The minimum Gasteiger partial charge on any atom is -0.338 e. The van der Waals surface area contributed by atoms with Crippen molar-refractivity contribution in [3.63, 3.8) is 0 Å². The highest BCUT2D eigenvalue weighted by atomic mass is 19.1. The van der Waals surface area contributed by atoms with Gasteiger partial charge in [0, 0.05) is 13.0 Å². The molecule has 12 heavy (non-hydrogen) atoms. The molecule has 1 aliphatic heterocycles. The highest BCUT2D eigenvalue weighted by Gasteiger charge is 2.36. The van der Waals surface area contributed by atoms with Crippen LogP contribution >= 0.6 is 0 Å². The number of hydrogen-bond acceptors (Lipinski definition) is 2. The first-order valence-electron chi connectivity index (χ1n) is 4.16. The Bertz CT molecular complexity index is 191. The molecule has 2 unspecified atom stereocenters. The molecule has 1 rings (SSSR count). The van der Waals surface area contributed by atoms with Crippen molar-refractivity contribution in [1.82, 2.24) is 4.90 Å². The van der Waals surface area contributed by atoms with Gasteiger partial charge in [0.25, 0.3) is 0 Å². The van der Waals surface area contributed by atoms with Crippen LogP contribution in [0.15, 0.2) is 0 Å². The van der Waals surface area contributed by atoms with Gasteiger partial charge in [-0.2, -0.15) is 0 Å². The first-order chi connectivity index (χ1) is 5.42. The highest BCUT2D eigenvalue weighted by molar-refractivity contribution is 5.81. The Labute approximate surface area is 71.7 Å². The van der Waals surface area contributed by atoms with Gasteiger partial charge >= 0.3 is 0 Å². The maximum Gasteiger partial charge on any atom is 0.239 e. The lowest BCUT2D eigenvalue weighted by Crippen LogP contribution is -2.41. The van der Waals surface area contributed by atoms with Crippen LogP contribution in [0.3, 0.4) is 0 Å². The summed E-state index contributed by atoms with van der Waals surface area (Å²) in [5.41, 5.74) is 4.17. The van der Waals surface area contributed by atoms with E-state index in [-0.39, 0.29) is 12.5 Å². The van der Waals surface area contributed by atoms with Crippen molar-refractivity contribution in [2.24, 2.45) is 5.73 Å². The maximum absolute atomic E-state index is 13.3. The Kier molecular flexibility index (Phi) is 2.37. The standard InChI is InChI=1S/C8H15FN2O/c1-6(10)7(12)11-4-3-8(2,9)5-11/h6H,3-5,10H2,1-2H3. The summed E-state index contributed by atoms with van der Waals surface area (Å²) >= 11 is 0. The number of amides is 1. The molecule has 4 heteroatoms. The van der Waals surface area contributed by atoms with Crippen LogP contribution in [0.4, 0.5) is 4.39 Å². The smallest absolute Gasteiger partial charge is 0.239 e. The fourth-order valence-corrected chi connectivity index (χ4v) is 1.40. The first kappa shape index (κ1) is 9.45. The van der Waals surface area contributed by atoms with Crippen LogP contribution in [0.1, 0.15) is 20.3 Å². The van der Waals surface area contributed by atoms with Crippen LogP contribution in [0.5, 0.6) is 0 Å². The predicted molar refractivity (Wildman–Crippen MR) is 44.4 cm³/mol. The molecule has 0 aliphatic carbocycles. The van der Waals surface area contributed by atoms with E-state index in [1.165, 1.54) is 11.8 Å². The summed E-state index contributed by atoms with van der Waals surface area (Å²) in [6, 6.07) is -0.515. The number of halogens is 1. The third-order valence-electron chi connectivity index (χ3n) is 2.12. The lowest BCUT2D eigenvalue weighted by atomic mass is 10.1. The second-order valence-corrected chi connectivity index (χ2v) is 3.71. The van der Waals surface area contributed by atoms with Gasteiger partial charge in [0.1, 0.15) is 5.67 Å². The van der Waals surface area contributed by atoms with E-state index in [1.807, 2.05) is 0 Å². The Balaban J connectivity index is 2.53. The highest BCUT2D eigenvalue weighted by Crippen LogP contribution is 2.24. The Morgan fingerprint density at radius 1 is 1.75 bits per heavy atom. The fourth-order valence-electron chi connectivity index (χ4n) is 1.40. The van der Waals surface area contributed by atoms with Gasteiger partial charge in [0.2, 0.25) is 5.91 Å². The average molecular weight is 174 g/mol. The van der Waals surface area contributed by atoms with E-state index < -0.39 is 11.7 Å². The average Bonchev–Trinajstić information content (AvgIpc) is 2.28. The quantitative estimate of drug-likeness (QED) is 0.621. The number of carbonyl (C=O) groups is 1. The molecule has 2 N–H and O–H groups in total. The predicted octanol–water partition coefficient (Wildman–Crippen LogP) is 0.294. The van der Waals surface area contributed by atoms with E-state index in [4.69, 9.17) is 5.73 Å². The minimum absolute atomic E-state index is 0.156. The summed E-state index contributed by atoms with van der Waals surface area (Å²) < 4.78 is 13.3. The summed E-state index contributed by atoms with van der Waals surface area (Å²) in [7, 11) is 0. The molecule has 1 amide bonds. The summed E-state index contributed by atoms with van der Waals surface area (Å²) in [5.74, 6) is -0.156. The molecule has 2 atom stereocenters. The molecule has 3 nitrogen and oxygen atoms in total. The van der Waals surface area contributed by atoms with Crippen molar-refractivity contribution in [2.75, 3.05) is 13.1 Å². The largest absolute Gasteiger partial charge is 0.338 e. The molecule has 0 aromatic carbocycles. The number of rotatable bonds is 1. The van der Waals surface area contributed by atoms with Gasteiger partial charge in [-0.3, -0.25) is 4.79 Å². The van der Waals surface area contributed by atoms with Gasteiger partial charge in [-0.05, 0) is 13.8 Å². The number of nitrogens with zero attached hydrogens (tertiary/aromatic N) is 1. The maximum atomic E-state index is 13.3. The SMILES string of the molecule is CC(N)C(=O)N1CCC(C)(F)C1. The third kappa shape index (κ3) is 1.94. The zero-order valence-corrected chi connectivity index (χ0v) is 7.51. The zero-order valence-electron chi connectivity index (χ0n) is 7.51. The van der Waals surface area contributed by atoms with E-state index in [2.05, 4.69) is 0 Å². The lowest BCUT2D eigenvalue weighted by Gasteiger charge is -2.19. The molecule has 0 spiro atoms. The number of alkyl halides is 1. The molecule has 70 valence electrons. The molecule has 0 aromatic rings. The van der Waals surface area contributed by atoms with Gasteiger partial charge in [-0.1, -0.05) is 0 Å². The van der Waals surface area contributed by atoms with Crippen molar-refractivity contribution in [2.45, 2.75) is 32.0 Å². The van der Waals surface area contributed by atoms with Crippen molar-refractivity contribution in [1.29, 1.82) is 0 Å². The van der Waals surface area contributed by atoms with Crippen molar-refractivity contribution < 1.29 is 9.18 Å². The monoisotopic (exact) mass is 174 g/mol. The van der Waals surface area contributed by atoms with Crippen LogP contribution < -0.4 is 5.73 Å². The molecular formula is C8H15FN2O. The van der Waals surface area contributed by atoms with Gasteiger partial charge in [0.15, 0.2) is 0 Å². The molecular weight excluding hydrogens is 159 g/mol. The van der Waals surface area contributed by atoms with Crippen molar-refractivity contribution in [3.8, 4) is 0 Å². The van der Waals surface area contributed by atoms with Gasteiger partial charge in [0.05, 0.1) is 12.6 Å². The zero-order chi connectivity index (χ0) is 9.35. The number of hydrogen-bond donors (Lipinski definition) is 1. The van der Waals surface area contributed by atoms with Gasteiger partial charge in [-0.15, -0.1) is 0 Å². The second kappa shape index (κ2) is 3.01. The molecule has 1 saturated heterocycles. The molecule has 1 aliphatic rings. The molecule has 0 radical (unpaired) electrons. The Hall–Kier alpha value is -0.640. The van der Waals surface area contributed by atoms with E-state index in [1.54, 1.807) is 6.92 Å². The van der Waals surface area contributed by atoms with Gasteiger partial charge < -0.3 is 10.6 Å². The first-order valence-corrected chi connectivity index (χ1v) is 4.16. The third-order valence-corrected chi connectivity index (χ3v) is 2.12. The topological polar surface area (TPSA) is 46.3 Å². The number of nitrogens with two attached hydrogens (primary N) is 1. The van der Waals surface area contributed by atoms with Crippen LogP contribution in [-0.2, 0) is 4.79 Å². The molecule has 1 fully saturated rings. The summed E-state index contributed by atoms with van der Waals surface area (Å²) in [5, 5.41) is 0. The lowest BCUT2D eigenvalue weighted by molar-refractivity contribution is -0.131. The van der Waals surface area contributed by atoms with Crippen LogP contribution in [0.25, 0.3) is 0 Å². The van der Waals surface area contributed by atoms with E-state index in [0.717, 1.165) is 0 Å². The van der Waals surface area contributed by atoms with Crippen molar-refractivity contribution >= 4 is 5.91 Å². The van der Waals surface area contributed by atoms with Crippen LogP contribution in [0.2, 0.25) is 0 Å². The minimum atomic E-state index is -1.22. The fraction of sp³-hybridized carbons (Fsp3) is 0.875. The van der Waals surface area contributed by atoms with Crippen LogP contribution in [-0.4, -0.2) is 35.6 Å². The Morgan fingerprint density at radius 2 is 2.33 bits per heavy atom. The van der Waals surface area contributed by atoms with E-state index in [0.29, 0.717) is 13.0 Å². The summed E-state index contributed by atoms with van der Waals surface area (Å²) in [6.07, 6.45) is 0.422. The molecule has 1 heterocycles. The molecule has 0 bridgehead atoms. The van der Waals surface area contributed by atoms with Gasteiger partial charge in [-0.25, -0.2) is 4.39 Å². The van der Waals surface area contributed by atoms with Crippen LogP contribution in [0, 0.1) is 0 Å². The summed E-state index contributed by atoms with van der Waals surface area (Å²) in [6.45, 7) is 3.82. The van der Waals surface area contributed by atoms with Crippen molar-refractivity contribution in [3.05, 3.63) is 0 Å². The summed E-state index contributed by atoms with van der Waals surface area (Å²) in [4.78, 5) is 12.8. The molecule has 0 aromatic heterocycles. The number of carbonyl (C=O) groups excluding carboxylic acids is 1. The Morgan fingerprint density at radius 3 is 2.67 bits per heavy atom. The number of likely N-dealkylation sites (tertiary alicyclic amines) is 1.